The molecule has 1 aromatic heterocycles. The van der Waals surface area contributed by atoms with Crippen LogP contribution < -0.4 is 19.5 Å². The SMILES string of the molecule is COc1ccc(OC)c(CCC(=O)NCc2ccnc(OCc3ccccc3)c2)c1. The molecule has 6 nitrogen and oxygen atoms in total. The first-order chi connectivity index (χ1) is 14.7. The van der Waals surface area contributed by atoms with Gasteiger partial charge in [-0.1, -0.05) is 30.3 Å². The molecule has 0 saturated heterocycles. The summed E-state index contributed by atoms with van der Waals surface area (Å²) in [4.78, 5) is 16.5. The summed E-state index contributed by atoms with van der Waals surface area (Å²) in [6.07, 6.45) is 2.60. The average molecular weight is 406 g/mol. The molecule has 0 radical (unpaired) electrons. The Kier molecular flexibility index (Phi) is 7.66. The summed E-state index contributed by atoms with van der Waals surface area (Å²) in [6, 6.07) is 19.2. The van der Waals surface area contributed by atoms with Crippen molar-refractivity contribution < 1.29 is 19.0 Å². The Bertz CT molecular complexity index is 960. The van der Waals surface area contributed by atoms with Gasteiger partial charge in [-0.25, -0.2) is 4.98 Å². The van der Waals surface area contributed by atoms with Crippen LogP contribution in [0.2, 0.25) is 0 Å². The Balaban J connectivity index is 1.49. The summed E-state index contributed by atoms with van der Waals surface area (Å²) in [5, 5.41) is 2.94. The van der Waals surface area contributed by atoms with E-state index < -0.39 is 0 Å². The predicted octanol–water partition coefficient (Wildman–Crippen LogP) is 3.93. The zero-order valence-electron chi connectivity index (χ0n) is 17.3. The largest absolute Gasteiger partial charge is 0.497 e. The Hall–Kier alpha value is -3.54. The third-order valence-electron chi connectivity index (χ3n) is 4.63. The van der Waals surface area contributed by atoms with Crippen LogP contribution in [-0.4, -0.2) is 25.1 Å². The number of carbonyl (C=O) groups excluding carboxylic acids is 1. The number of ether oxygens (including phenoxy) is 3. The van der Waals surface area contributed by atoms with E-state index in [1.165, 1.54) is 0 Å². The molecule has 0 aliphatic rings. The van der Waals surface area contributed by atoms with E-state index in [-0.39, 0.29) is 5.91 Å². The van der Waals surface area contributed by atoms with E-state index in [4.69, 9.17) is 14.2 Å². The van der Waals surface area contributed by atoms with Gasteiger partial charge in [-0.2, -0.15) is 0 Å². The number of methoxy groups -OCH3 is 2. The van der Waals surface area contributed by atoms with Gasteiger partial charge in [-0.15, -0.1) is 0 Å². The maximum Gasteiger partial charge on any atom is 0.220 e. The number of nitrogens with one attached hydrogen (secondary N) is 1. The molecule has 0 spiro atoms. The van der Waals surface area contributed by atoms with E-state index in [2.05, 4.69) is 10.3 Å². The fourth-order valence-electron chi connectivity index (χ4n) is 2.99. The second-order valence-corrected chi connectivity index (χ2v) is 6.73. The second-order valence-electron chi connectivity index (χ2n) is 6.73. The molecule has 0 atom stereocenters. The molecule has 0 bridgehead atoms. The summed E-state index contributed by atoms with van der Waals surface area (Å²) in [7, 11) is 3.23. The lowest BCUT2D eigenvalue weighted by molar-refractivity contribution is -0.121. The van der Waals surface area contributed by atoms with Crippen molar-refractivity contribution in [2.24, 2.45) is 0 Å². The first-order valence-corrected chi connectivity index (χ1v) is 9.77. The van der Waals surface area contributed by atoms with Crippen molar-refractivity contribution in [1.82, 2.24) is 10.3 Å². The van der Waals surface area contributed by atoms with Crippen LogP contribution in [0.4, 0.5) is 0 Å². The fraction of sp³-hybridized carbons (Fsp3) is 0.250. The van der Waals surface area contributed by atoms with Gasteiger partial charge in [0.2, 0.25) is 11.8 Å². The van der Waals surface area contributed by atoms with Gasteiger partial charge in [0.05, 0.1) is 14.2 Å². The third kappa shape index (κ3) is 6.24. The van der Waals surface area contributed by atoms with Crippen LogP contribution in [0.15, 0.2) is 66.9 Å². The Morgan fingerprint density at radius 1 is 0.967 bits per heavy atom. The molecule has 156 valence electrons. The monoisotopic (exact) mass is 406 g/mol. The summed E-state index contributed by atoms with van der Waals surface area (Å²) in [5.74, 6) is 1.99. The molecule has 0 fully saturated rings. The number of rotatable bonds is 10. The van der Waals surface area contributed by atoms with Crippen molar-refractivity contribution in [3.8, 4) is 17.4 Å². The van der Waals surface area contributed by atoms with Crippen LogP contribution in [-0.2, 0) is 24.4 Å². The van der Waals surface area contributed by atoms with Crippen LogP contribution in [0.5, 0.6) is 17.4 Å². The Labute approximate surface area is 176 Å². The average Bonchev–Trinajstić information content (AvgIpc) is 2.80. The van der Waals surface area contributed by atoms with Crippen molar-refractivity contribution in [3.05, 3.63) is 83.6 Å². The van der Waals surface area contributed by atoms with Gasteiger partial charge in [0, 0.05) is 25.2 Å². The molecular weight excluding hydrogens is 380 g/mol. The number of amides is 1. The van der Waals surface area contributed by atoms with E-state index in [1.807, 2.05) is 60.7 Å². The highest BCUT2D eigenvalue weighted by Crippen LogP contribution is 2.25. The summed E-state index contributed by atoms with van der Waals surface area (Å²) in [5.41, 5.74) is 2.94. The van der Waals surface area contributed by atoms with Crippen LogP contribution in [0.3, 0.4) is 0 Å². The maximum atomic E-state index is 12.3. The van der Waals surface area contributed by atoms with Crippen LogP contribution in [0.1, 0.15) is 23.1 Å². The molecule has 0 aliphatic heterocycles. The highest BCUT2D eigenvalue weighted by Gasteiger charge is 2.09. The topological polar surface area (TPSA) is 69.7 Å². The molecule has 30 heavy (non-hydrogen) atoms. The van der Waals surface area contributed by atoms with Gasteiger partial charge >= 0.3 is 0 Å². The Morgan fingerprint density at radius 3 is 2.57 bits per heavy atom. The number of hydrogen-bond donors (Lipinski definition) is 1. The molecule has 0 aliphatic carbocycles. The van der Waals surface area contributed by atoms with E-state index in [1.54, 1.807) is 20.4 Å². The molecule has 2 aromatic carbocycles. The minimum Gasteiger partial charge on any atom is -0.497 e. The predicted molar refractivity (Wildman–Crippen MR) is 115 cm³/mol. The van der Waals surface area contributed by atoms with E-state index in [0.717, 1.165) is 28.2 Å². The second kappa shape index (κ2) is 10.9. The van der Waals surface area contributed by atoms with Gasteiger partial charge in [0.15, 0.2) is 0 Å². The lowest BCUT2D eigenvalue weighted by Crippen LogP contribution is -2.23. The Morgan fingerprint density at radius 2 is 1.80 bits per heavy atom. The molecule has 1 heterocycles. The van der Waals surface area contributed by atoms with E-state index in [0.29, 0.717) is 31.9 Å². The van der Waals surface area contributed by atoms with Crippen LogP contribution >= 0.6 is 0 Å². The molecular formula is C24H26N2O4. The fourth-order valence-corrected chi connectivity index (χ4v) is 2.99. The van der Waals surface area contributed by atoms with Gasteiger partial charge in [0.1, 0.15) is 18.1 Å². The quantitative estimate of drug-likeness (QED) is 0.553. The highest BCUT2D eigenvalue weighted by atomic mass is 16.5. The molecule has 3 rings (SSSR count). The standard InChI is InChI=1S/C24H26N2O4/c1-28-21-9-10-22(29-2)20(15-21)8-11-23(27)26-16-19-12-13-25-24(14-19)30-17-18-6-4-3-5-7-18/h3-7,9-10,12-15H,8,11,16-17H2,1-2H3,(H,26,27). The molecule has 1 amide bonds. The zero-order chi connectivity index (χ0) is 21.2. The molecule has 0 unspecified atom stereocenters. The summed E-state index contributed by atoms with van der Waals surface area (Å²) < 4.78 is 16.4. The van der Waals surface area contributed by atoms with E-state index >= 15 is 0 Å². The minimum atomic E-state index is -0.0385. The lowest BCUT2D eigenvalue weighted by atomic mass is 10.1. The summed E-state index contributed by atoms with van der Waals surface area (Å²) >= 11 is 0. The molecule has 1 N–H and O–H groups in total. The van der Waals surface area contributed by atoms with Crippen molar-refractivity contribution >= 4 is 5.91 Å². The number of nitrogens with zero attached hydrogens (tertiary/aromatic N) is 1. The van der Waals surface area contributed by atoms with Crippen molar-refractivity contribution in [2.45, 2.75) is 26.0 Å². The number of aromatic nitrogens is 1. The maximum absolute atomic E-state index is 12.3. The van der Waals surface area contributed by atoms with E-state index in [9.17, 15) is 4.79 Å². The number of benzene rings is 2. The molecule has 6 heteroatoms. The number of hydrogen-bond acceptors (Lipinski definition) is 5. The first-order valence-electron chi connectivity index (χ1n) is 9.77. The lowest BCUT2D eigenvalue weighted by Gasteiger charge is -2.11. The number of aryl methyl sites for hydroxylation is 1. The van der Waals surface area contributed by atoms with Crippen molar-refractivity contribution in [3.63, 3.8) is 0 Å². The van der Waals surface area contributed by atoms with Crippen LogP contribution in [0.25, 0.3) is 0 Å². The van der Waals surface area contributed by atoms with Crippen LogP contribution in [0, 0.1) is 0 Å². The van der Waals surface area contributed by atoms with Gasteiger partial charge in [0.25, 0.3) is 0 Å². The number of carbonyl (C=O) groups is 1. The smallest absolute Gasteiger partial charge is 0.220 e. The third-order valence-corrected chi connectivity index (χ3v) is 4.63. The highest BCUT2D eigenvalue weighted by molar-refractivity contribution is 5.76. The van der Waals surface area contributed by atoms with Gasteiger partial charge in [-0.3, -0.25) is 4.79 Å². The van der Waals surface area contributed by atoms with Crippen molar-refractivity contribution in [2.75, 3.05) is 14.2 Å². The van der Waals surface area contributed by atoms with Gasteiger partial charge in [-0.05, 0) is 47.4 Å². The minimum absolute atomic E-state index is 0.0385. The number of pyridine rings is 1. The molecule has 3 aromatic rings. The summed E-state index contributed by atoms with van der Waals surface area (Å²) in [6.45, 7) is 0.865. The van der Waals surface area contributed by atoms with Crippen molar-refractivity contribution in [1.29, 1.82) is 0 Å². The first kappa shape index (κ1) is 21.2. The zero-order valence-corrected chi connectivity index (χ0v) is 17.3. The van der Waals surface area contributed by atoms with Gasteiger partial charge < -0.3 is 19.5 Å². The molecule has 0 saturated carbocycles. The normalized spacial score (nSPS) is 10.3.